The SMILES string of the molecule is CCSc1nccc(C)c1Br. The predicted octanol–water partition coefficient (Wildman–Crippen LogP) is 3.26. The average molecular weight is 232 g/mol. The van der Waals surface area contributed by atoms with Crippen LogP contribution in [-0.2, 0) is 0 Å². The summed E-state index contributed by atoms with van der Waals surface area (Å²) in [5.74, 6) is 1.06. The standard InChI is InChI=1S/C8H10BrNS/c1-3-11-8-7(9)6(2)4-5-10-8/h4-5H,3H2,1-2H3. The monoisotopic (exact) mass is 231 g/mol. The van der Waals surface area contributed by atoms with Gasteiger partial charge in [-0.25, -0.2) is 4.98 Å². The molecular formula is C8H10BrNS. The van der Waals surface area contributed by atoms with Gasteiger partial charge in [0, 0.05) is 6.20 Å². The van der Waals surface area contributed by atoms with Crippen molar-refractivity contribution >= 4 is 27.7 Å². The maximum absolute atomic E-state index is 4.24. The molecule has 0 saturated carbocycles. The third-order valence-corrected chi connectivity index (χ3v) is 3.47. The second-order valence-corrected chi connectivity index (χ2v) is 4.23. The second-order valence-electron chi connectivity index (χ2n) is 2.18. The third kappa shape index (κ3) is 2.20. The molecule has 0 bridgehead atoms. The molecule has 60 valence electrons. The summed E-state index contributed by atoms with van der Waals surface area (Å²) in [4.78, 5) is 4.24. The Hall–Kier alpha value is -0.0200. The number of hydrogen-bond acceptors (Lipinski definition) is 2. The van der Waals surface area contributed by atoms with Crippen molar-refractivity contribution in [3.8, 4) is 0 Å². The number of aromatic nitrogens is 1. The first-order chi connectivity index (χ1) is 5.25. The molecule has 0 aliphatic heterocycles. The van der Waals surface area contributed by atoms with Crippen LogP contribution in [0, 0.1) is 6.92 Å². The summed E-state index contributed by atoms with van der Waals surface area (Å²) in [5.41, 5.74) is 1.25. The molecule has 0 aromatic carbocycles. The first-order valence-electron chi connectivity index (χ1n) is 3.49. The quantitative estimate of drug-likeness (QED) is 0.726. The molecule has 0 N–H and O–H groups in total. The molecule has 1 rings (SSSR count). The Morgan fingerprint density at radius 2 is 2.36 bits per heavy atom. The van der Waals surface area contributed by atoms with E-state index in [9.17, 15) is 0 Å². The third-order valence-electron chi connectivity index (χ3n) is 1.33. The fraction of sp³-hybridized carbons (Fsp3) is 0.375. The highest BCUT2D eigenvalue weighted by atomic mass is 79.9. The molecule has 0 saturated heterocycles. The Morgan fingerprint density at radius 1 is 1.64 bits per heavy atom. The summed E-state index contributed by atoms with van der Waals surface area (Å²) in [5, 5.41) is 1.09. The molecule has 0 radical (unpaired) electrons. The van der Waals surface area contributed by atoms with Crippen LogP contribution in [0.2, 0.25) is 0 Å². The van der Waals surface area contributed by atoms with Crippen molar-refractivity contribution in [2.24, 2.45) is 0 Å². The van der Waals surface area contributed by atoms with E-state index in [4.69, 9.17) is 0 Å². The molecule has 0 aliphatic carbocycles. The van der Waals surface area contributed by atoms with Crippen molar-refractivity contribution in [2.75, 3.05) is 5.75 Å². The van der Waals surface area contributed by atoms with Crippen LogP contribution >= 0.6 is 27.7 Å². The number of aryl methyl sites for hydroxylation is 1. The van der Waals surface area contributed by atoms with E-state index in [-0.39, 0.29) is 0 Å². The van der Waals surface area contributed by atoms with Gasteiger partial charge in [-0.3, -0.25) is 0 Å². The van der Waals surface area contributed by atoms with Gasteiger partial charge >= 0.3 is 0 Å². The lowest BCUT2D eigenvalue weighted by Gasteiger charge is -2.02. The topological polar surface area (TPSA) is 12.9 Å². The minimum Gasteiger partial charge on any atom is -0.249 e. The molecule has 0 atom stereocenters. The zero-order chi connectivity index (χ0) is 8.27. The highest BCUT2D eigenvalue weighted by Gasteiger charge is 2.01. The van der Waals surface area contributed by atoms with Crippen molar-refractivity contribution < 1.29 is 0 Å². The van der Waals surface area contributed by atoms with E-state index in [1.165, 1.54) is 5.56 Å². The molecule has 1 nitrogen and oxygen atoms in total. The number of rotatable bonds is 2. The van der Waals surface area contributed by atoms with E-state index in [0.717, 1.165) is 15.3 Å². The first-order valence-corrected chi connectivity index (χ1v) is 5.27. The minimum atomic E-state index is 1.06. The first kappa shape index (κ1) is 9.07. The predicted molar refractivity (Wildman–Crippen MR) is 53.1 cm³/mol. The number of halogens is 1. The molecule has 1 aromatic rings. The molecule has 1 heterocycles. The van der Waals surface area contributed by atoms with Crippen LogP contribution in [0.5, 0.6) is 0 Å². The van der Waals surface area contributed by atoms with Crippen LogP contribution in [0.1, 0.15) is 12.5 Å². The zero-order valence-electron chi connectivity index (χ0n) is 6.60. The lowest BCUT2D eigenvalue weighted by molar-refractivity contribution is 1.08. The fourth-order valence-corrected chi connectivity index (χ4v) is 2.03. The smallest absolute Gasteiger partial charge is 0.110 e. The lowest BCUT2D eigenvalue weighted by Crippen LogP contribution is -1.84. The molecule has 0 aliphatic rings. The van der Waals surface area contributed by atoms with Gasteiger partial charge in [0.25, 0.3) is 0 Å². The maximum Gasteiger partial charge on any atom is 0.110 e. The van der Waals surface area contributed by atoms with E-state index in [1.54, 1.807) is 11.8 Å². The van der Waals surface area contributed by atoms with E-state index in [1.807, 2.05) is 12.3 Å². The van der Waals surface area contributed by atoms with Gasteiger partial charge in [-0.15, -0.1) is 11.8 Å². The summed E-state index contributed by atoms with van der Waals surface area (Å²) in [7, 11) is 0. The van der Waals surface area contributed by atoms with Crippen molar-refractivity contribution in [3.05, 3.63) is 22.3 Å². The Bertz CT molecular complexity index is 250. The summed E-state index contributed by atoms with van der Waals surface area (Å²) in [6, 6.07) is 2.00. The van der Waals surface area contributed by atoms with Gasteiger partial charge in [0.1, 0.15) is 5.03 Å². The van der Waals surface area contributed by atoms with Crippen LogP contribution < -0.4 is 0 Å². The van der Waals surface area contributed by atoms with Gasteiger partial charge < -0.3 is 0 Å². The molecule has 0 spiro atoms. The van der Waals surface area contributed by atoms with Crippen LogP contribution in [0.25, 0.3) is 0 Å². The molecule has 0 amide bonds. The number of pyridine rings is 1. The zero-order valence-corrected chi connectivity index (χ0v) is 9.00. The van der Waals surface area contributed by atoms with E-state index in [2.05, 4.69) is 34.8 Å². The van der Waals surface area contributed by atoms with Crippen LogP contribution in [0.4, 0.5) is 0 Å². The number of nitrogens with zero attached hydrogens (tertiary/aromatic N) is 1. The Labute approximate surface area is 79.7 Å². The minimum absolute atomic E-state index is 1.06. The molecule has 11 heavy (non-hydrogen) atoms. The number of hydrogen-bond donors (Lipinski definition) is 0. The van der Waals surface area contributed by atoms with Gasteiger partial charge in [-0.05, 0) is 40.2 Å². The second kappa shape index (κ2) is 4.12. The molecular weight excluding hydrogens is 222 g/mol. The van der Waals surface area contributed by atoms with Gasteiger partial charge in [-0.2, -0.15) is 0 Å². The van der Waals surface area contributed by atoms with Gasteiger partial charge in [0.05, 0.1) is 4.47 Å². The Morgan fingerprint density at radius 3 is 3.00 bits per heavy atom. The largest absolute Gasteiger partial charge is 0.249 e. The van der Waals surface area contributed by atoms with E-state index >= 15 is 0 Å². The van der Waals surface area contributed by atoms with E-state index < -0.39 is 0 Å². The summed E-state index contributed by atoms with van der Waals surface area (Å²) in [6.07, 6.45) is 1.85. The van der Waals surface area contributed by atoms with Crippen molar-refractivity contribution in [1.29, 1.82) is 0 Å². The van der Waals surface area contributed by atoms with Gasteiger partial charge in [-0.1, -0.05) is 6.92 Å². The summed E-state index contributed by atoms with van der Waals surface area (Å²) >= 11 is 5.26. The summed E-state index contributed by atoms with van der Waals surface area (Å²) in [6.45, 7) is 4.20. The van der Waals surface area contributed by atoms with Crippen LogP contribution in [0.3, 0.4) is 0 Å². The maximum atomic E-state index is 4.24. The van der Waals surface area contributed by atoms with Gasteiger partial charge in [0.15, 0.2) is 0 Å². The molecule has 1 aromatic heterocycles. The average Bonchev–Trinajstić information content (AvgIpc) is 1.99. The fourth-order valence-electron chi connectivity index (χ4n) is 0.753. The lowest BCUT2D eigenvalue weighted by atomic mass is 10.3. The highest BCUT2D eigenvalue weighted by Crippen LogP contribution is 2.27. The molecule has 3 heteroatoms. The van der Waals surface area contributed by atoms with Crippen LogP contribution in [-0.4, -0.2) is 10.7 Å². The highest BCUT2D eigenvalue weighted by molar-refractivity contribution is 9.10. The van der Waals surface area contributed by atoms with Crippen molar-refractivity contribution in [1.82, 2.24) is 4.98 Å². The molecule has 0 unspecified atom stereocenters. The van der Waals surface area contributed by atoms with E-state index in [0.29, 0.717) is 0 Å². The summed E-state index contributed by atoms with van der Waals surface area (Å²) < 4.78 is 1.13. The number of thioether (sulfide) groups is 1. The molecule has 0 fully saturated rings. The van der Waals surface area contributed by atoms with Crippen molar-refractivity contribution in [3.63, 3.8) is 0 Å². The normalized spacial score (nSPS) is 10.1. The Kier molecular flexibility index (Phi) is 3.40. The van der Waals surface area contributed by atoms with Gasteiger partial charge in [0.2, 0.25) is 0 Å². The van der Waals surface area contributed by atoms with Crippen molar-refractivity contribution in [2.45, 2.75) is 18.9 Å². The van der Waals surface area contributed by atoms with Crippen LogP contribution in [0.15, 0.2) is 21.8 Å². The Balaban J connectivity index is 2.96.